The number of nitrogens with zero attached hydrogens (tertiary/aromatic N) is 4. The summed E-state index contributed by atoms with van der Waals surface area (Å²) in [5, 5.41) is 0. The molecule has 0 amide bonds. The maximum atomic E-state index is 4.44. The summed E-state index contributed by atoms with van der Waals surface area (Å²) >= 11 is 0. The van der Waals surface area contributed by atoms with Crippen molar-refractivity contribution in [3.63, 3.8) is 0 Å². The Morgan fingerprint density at radius 3 is 2.74 bits per heavy atom. The summed E-state index contributed by atoms with van der Waals surface area (Å²) in [5.74, 6) is 1.72. The molecule has 4 rings (SSSR count). The van der Waals surface area contributed by atoms with Crippen molar-refractivity contribution in [2.45, 2.75) is 44.9 Å². The van der Waals surface area contributed by atoms with Crippen LogP contribution in [0.4, 0.5) is 0 Å². The normalized spacial score (nSPS) is 16.3. The lowest BCUT2D eigenvalue weighted by Gasteiger charge is -2.23. The highest BCUT2D eigenvalue weighted by atomic mass is 15.2. The number of imidazole rings is 2. The molecule has 0 unspecified atom stereocenters. The van der Waals surface area contributed by atoms with E-state index in [2.05, 4.69) is 58.0 Å². The summed E-state index contributed by atoms with van der Waals surface area (Å²) in [5.41, 5.74) is 5.44. The van der Waals surface area contributed by atoms with Crippen molar-refractivity contribution in [1.29, 1.82) is 0 Å². The van der Waals surface area contributed by atoms with E-state index in [9.17, 15) is 0 Å². The van der Waals surface area contributed by atoms with Gasteiger partial charge < -0.3 is 4.57 Å². The van der Waals surface area contributed by atoms with Crippen LogP contribution in [0.1, 0.15) is 49.1 Å². The molecular weight excluding hydrogens is 284 g/mol. The van der Waals surface area contributed by atoms with Crippen molar-refractivity contribution in [3.05, 3.63) is 42.0 Å². The minimum atomic E-state index is 0.730. The maximum absolute atomic E-state index is 4.44. The van der Waals surface area contributed by atoms with Gasteiger partial charge in [0.1, 0.15) is 12.7 Å². The third kappa shape index (κ3) is 2.37. The second-order valence-electron chi connectivity index (χ2n) is 6.95. The SMILES string of the molecule is Cc1c[n+](C)c(-c2cn3ccnc3n2C)cc1C1CCCCC1. The van der Waals surface area contributed by atoms with Gasteiger partial charge >= 0.3 is 0 Å². The number of aromatic nitrogens is 4. The molecule has 4 heteroatoms. The van der Waals surface area contributed by atoms with E-state index in [0.717, 1.165) is 11.7 Å². The topological polar surface area (TPSA) is 26.1 Å². The van der Waals surface area contributed by atoms with Crippen LogP contribution in [0.15, 0.2) is 30.9 Å². The van der Waals surface area contributed by atoms with E-state index in [1.165, 1.54) is 54.6 Å². The Morgan fingerprint density at radius 2 is 2.00 bits per heavy atom. The van der Waals surface area contributed by atoms with E-state index >= 15 is 0 Å². The summed E-state index contributed by atoms with van der Waals surface area (Å²) in [4.78, 5) is 4.44. The number of pyridine rings is 1. The summed E-state index contributed by atoms with van der Waals surface area (Å²) < 4.78 is 6.52. The largest absolute Gasteiger partial charge is 0.308 e. The molecule has 1 saturated carbocycles. The molecule has 0 saturated heterocycles. The summed E-state index contributed by atoms with van der Waals surface area (Å²) in [6.45, 7) is 2.26. The van der Waals surface area contributed by atoms with E-state index in [0.29, 0.717) is 0 Å². The molecule has 3 heterocycles. The molecule has 23 heavy (non-hydrogen) atoms. The van der Waals surface area contributed by atoms with Gasteiger partial charge in [0.2, 0.25) is 11.5 Å². The summed E-state index contributed by atoms with van der Waals surface area (Å²) in [6, 6.07) is 2.42. The highest BCUT2D eigenvalue weighted by Gasteiger charge is 2.23. The van der Waals surface area contributed by atoms with Crippen LogP contribution < -0.4 is 4.57 Å². The molecule has 1 fully saturated rings. The molecule has 0 atom stereocenters. The van der Waals surface area contributed by atoms with Crippen molar-refractivity contribution < 1.29 is 4.57 Å². The van der Waals surface area contributed by atoms with Gasteiger partial charge in [0.05, 0.1) is 0 Å². The molecule has 0 spiro atoms. The van der Waals surface area contributed by atoms with Crippen LogP contribution in [0.2, 0.25) is 0 Å². The predicted octanol–water partition coefficient (Wildman–Crippen LogP) is 3.52. The minimum Gasteiger partial charge on any atom is -0.308 e. The average Bonchev–Trinajstić information content (AvgIpc) is 3.12. The maximum Gasteiger partial charge on any atom is 0.230 e. The smallest absolute Gasteiger partial charge is 0.230 e. The van der Waals surface area contributed by atoms with Crippen molar-refractivity contribution in [1.82, 2.24) is 14.0 Å². The van der Waals surface area contributed by atoms with Crippen LogP contribution in [0.25, 0.3) is 17.2 Å². The van der Waals surface area contributed by atoms with Crippen LogP contribution in [0, 0.1) is 6.92 Å². The number of aryl methyl sites for hydroxylation is 3. The highest BCUT2D eigenvalue weighted by Crippen LogP contribution is 2.35. The van der Waals surface area contributed by atoms with Crippen molar-refractivity contribution in [2.75, 3.05) is 0 Å². The van der Waals surface area contributed by atoms with Gasteiger partial charge in [-0.1, -0.05) is 19.3 Å². The number of hydrogen-bond donors (Lipinski definition) is 0. The first-order valence-corrected chi connectivity index (χ1v) is 8.64. The molecular formula is C19H25N4+. The Kier molecular flexibility index (Phi) is 3.47. The molecule has 0 aliphatic heterocycles. The second-order valence-corrected chi connectivity index (χ2v) is 6.95. The van der Waals surface area contributed by atoms with E-state index in [-0.39, 0.29) is 0 Å². The van der Waals surface area contributed by atoms with Gasteiger partial charge in [0.25, 0.3) is 0 Å². The number of hydrogen-bond acceptors (Lipinski definition) is 1. The Labute approximate surface area is 137 Å². The van der Waals surface area contributed by atoms with E-state index in [4.69, 9.17) is 0 Å². The molecule has 1 aliphatic carbocycles. The zero-order valence-electron chi connectivity index (χ0n) is 14.3. The van der Waals surface area contributed by atoms with Crippen LogP contribution in [-0.4, -0.2) is 14.0 Å². The Morgan fingerprint density at radius 1 is 1.22 bits per heavy atom. The zero-order valence-corrected chi connectivity index (χ0v) is 14.3. The Balaban J connectivity index is 1.84. The lowest BCUT2D eigenvalue weighted by Crippen LogP contribution is -2.32. The fourth-order valence-corrected chi connectivity index (χ4v) is 4.14. The van der Waals surface area contributed by atoms with Crippen LogP contribution >= 0.6 is 0 Å². The molecule has 0 radical (unpaired) electrons. The molecule has 0 bridgehead atoms. The molecule has 4 nitrogen and oxygen atoms in total. The van der Waals surface area contributed by atoms with Crippen molar-refractivity contribution in [3.8, 4) is 11.4 Å². The fraction of sp³-hybridized carbons (Fsp3) is 0.474. The zero-order chi connectivity index (χ0) is 16.0. The Hall–Kier alpha value is -2.10. The summed E-state index contributed by atoms with van der Waals surface area (Å²) in [7, 11) is 4.24. The van der Waals surface area contributed by atoms with E-state index in [1.54, 1.807) is 0 Å². The van der Waals surface area contributed by atoms with Crippen molar-refractivity contribution >= 4 is 5.78 Å². The van der Waals surface area contributed by atoms with Crippen LogP contribution in [0.5, 0.6) is 0 Å². The quantitative estimate of drug-likeness (QED) is 0.665. The van der Waals surface area contributed by atoms with Crippen molar-refractivity contribution in [2.24, 2.45) is 14.1 Å². The first-order chi connectivity index (χ1) is 11.1. The average molecular weight is 309 g/mol. The van der Waals surface area contributed by atoms with Gasteiger partial charge in [-0.05, 0) is 31.2 Å². The second kappa shape index (κ2) is 5.52. The highest BCUT2D eigenvalue weighted by molar-refractivity contribution is 5.57. The van der Waals surface area contributed by atoms with Gasteiger partial charge in [-0.25, -0.2) is 4.98 Å². The Bertz CT molecular complexity index is 850. The first kappa shape index (κ1) is 14.5. The predicted molar refractivity (Wildman–Crippen MR) is 91.3 cm³/mol. The van der Waals surface area contributed by atoms with Gasteiger partial charge in [0, 0.05) is 37.3 Å². The number of rotatable bonds is 2. The number of fused-ring (bicyclic) bond motifs is 1. The van der Waals surface area contributed by atoms with Gasteiger partial charge in [-0.2, -0.15) is 4.57 Å². The van der Waals surface area contributed by atoms with Gasteiger partial charge in [-0.15, -0.1) is 0 Å². The fourth-order valence-electron chi connectivity index (χ4n) is 4.14. The molecule has 120 valence electrons. The third-order valence-electron chi connectivity index (χ3n) is 5.39. The summed E-state index contributed by atoms with van der Waals surface area (Å²) in [6.07, 6.45) is 15.1. The van der Waals surface area contributed by atoms with Crippen LogP contribution in [0.3, 0.4) is 0 Å². The first-order valence-electron chi connectivity index (χ1n) is 8.64. The molecule has 3 aromatic heterocycles. The molecule has 0 N–H and O–H groups in total. The van der Waals surface area contributed by atoms with E-state index < -0.39 is 0 Å². The monoisotopic (exact) mass is 309 g/mol. The third-order valence-corrected chi connectivity index (χ3v) is 5.39. The van der Waals surface area contributed by atoms with Gasteiger partial charge in [-0.3, -0.25) is 4.40 Å². The van der Waals surface area contributed by atoms with Gasteiger partial charge in [0.15, 0.2) is 6.20 Å². The molecule has 0 aromatic carbocycles. The van der Waals surface area contributed by atoms with E-state index in [1.807, 2.05) is 12.4 Å². The van der Waals surface area contributed by atoms with Crippen LogP contribution in [-0.2, 0) is 14.1 Å². The molecule has 1 aliphatic rings. The minimum absolute atomic E-state index is 0.730. The lowest BCUT2D eigenvalue weighted by atomic mass is 9.82. The standard InChI is InChI=1S/C19H25N4/c1-14-12-21(2)17(11-16(14)15-7-5-4-6-8-15)18-13-23-10-9-20-19(23)22(18)3/h9-13,15H,4-8H2,1-3H3/q+1. The molecule has 3 aromatic rings. The lowest BCUT2D eigenvalue weighted by molar-refractivity contribution is -0.661.